The lowest BCUT2D eigenvalue weighted by atomic mass is 9.95. The lowest BCUT2D eigenvalue weighted by Gasteiger charge is -2.11. The van der Waals surface area contributed by atoms with Crippen molar-refractivity contribution in [3.05, 3.63) is 66.2 Å². The Morgan fingerprint density at radius 2 is 1.39 bits per heavy atom. The Hall–Kier alpha value is -1.73. The molecule has 88 valence electrons. The van der Waals surface area contributed by atoms with Crippen molar-refractivity contribution in [2.45, 2.75) is 11.8 Å². The van der Waals surface area contributed by atoms with Crippen LogP contribution in [0.4, 0.5) is 0 Å². The zero-order chi connectivity index (χ0) is 12.5. The first-order valence-corrected chi connectivity index (χ1v) is 6.49. The fourth-order valence-electron chi connectivity index (χ4n) is 2.38. The van der Waals surface area contributed by atoms with Crippen LogP contribution in [-0.4, -0.2) is 0 Å². The average Bonchev–Trinajstić information content (AvgIpc) is 2.41. The Bertz CT molecular complexity index is 708. The van der Waals surface area contributed by atoms with Gasteiger partial charge in [0.15, 0.2) is 0 Å². The second-order valence-electron chi connectivity index (χ2n) is 4.48. The summed E-state index contributed by atoms with van der Waals surface area (Å²) in [5.74, 6) is 0. The Morgan fingerprint density at radius 1 is 0.722 bits per heavy atom. The molecule has 0 aliphatic rings. The molecule has 0 aliphatic carbocycles. The Labute approximate surface area is 113 Å². The molecule has 0 aliphatic heterocycles. The highest BCUT2D eigenvalue weighted by Gasteiger charge is 2.07. The number of hydrogen-bond acceptors (Lipinski definition) is 1. The van der Waals surface area contributed by atoms with Crippen LogP contribution in [0.15, 0.2) is 65.6 Å². The number of benzene rings is 3. The van der Waals surface area contributed by atoms with E-state index in [2.05, 4.69) is 74.1 Å². The maximum Gasteiger partial charge on any atom is 0.00754 e. The van der Waals surface area contributed by atoms with Gasteiger partial charge in [0.2, 0.25) is 0 Å². The topological polar surface area (TPSA) is 0 Å². The molecule has 0 unspecified atom stereocenters. The number of thiol groups is 1. The summed E-state index contributed by atoms with van der Waals surface area (Å²) >= 11 is 4.51. The SMILES string of the molecule is Cc1c(S)cccc1-c1cccc2ccccc12. The number of fused-ring (bicyclic) bond motifs is 1. The molecule has 0 aromatic heterocycles. The van der Waals surface area contributed by atoms with E-state index in [0.29, 0.717) is 0 Å². The van der Waals surface area contributed by atoms with Crippen LogP contribution in [-0.2, 0) is 0 Å². The Kier molecular flexibility index (Phi) is 2.85. The summed E-state index contributed by atoms with van der Waals surface area (Å²) in [6, 6.07) is 21.2. The molecule has 0 saturated carbocycles. The minimum atomic E-state index is 1.04. The van der Waals surface area contributed by atoms with Gasteiger partial charge in [-0.1, -0.05) is 54.6 Å². The average molecular weight is 250 g/mol. The van der Waals surface area contributed by atoms with Crippen molar-refractivity contribution in [3.63, 3.8) is 0 Å². The fourth-order valence-corrected chi connectivity index (χ4v) is 2.58. The lowest BCUT2D eigenvalue weighted by molar-refractivity contribution is 1.31. The Morgan fingerprint density at radius 3 is 2.28 bits per heavy atom. The van der Waals surface area contributed by atoms with Gasteiger partial charge in [0.25, 0.3) is 0 Å². The second-order valence-corrected chi connectivity index (χ2v) is 4.96. The van der Waals surface area contributed by atoms with Crippen LogP contribution in [0.1, 0.15) is 5.56 Å². The van der Waals surface area contributed by atoms with Crippen LogP contribution in [0.3, 0.4) is 0 Å². The Balaban J connectivity index is 2.35. The third kappa shape index (κ3) is 1.81. The lowest BCUT2D eigenvalue weighted by Crippen LogP contribution is -1.86. The zero-order valence-electron chi connectivity index (χ0n) is 10.2. The van der Waals surface area contributed by atoms with Gasteiger partial charge in [0.05, 0.1) is 0 Å². The predicted octanol–water partition coefficient (Wildman–Crippen LogP) is 5.10. The van der Waals surface area contributed by atoms with Crippen LogP contribution in [0.25, 0.3) is 21.9 Å². The summed E-state index contributed by atoms with van der Waals surface area (Å²) < 4.78 is 0. The predicted molar refractivity (Wildman–Crippen MR) is 81.4 cm³/mol. The van der Waals surface area contributed by atoms with E-state index < -0.39 is 0 Å². The summed E-state index contributed by atoms with van der Waals surface area (Å²) in [7, 11) is 0. The molecule has 0 atom stereocenters. The van der Waals surface area contributed by atoms with E-state index in [-0.39, 0.29) is 0 Å². The zero-order valence-corrected chi connectivity index (χ0v) is 11.1. The van der Waals surface area contributed by atoms with Gasteiger partial charge in [-0.05, 0) is 40.5 Å². The highest BCUT2D eigenvalue weighted by molar-refractivity contribution is 7.80. The van der Waals surface area contributed by atoms with E-state index in [4.69, 9.17) is 0 Å². The van der Waals surface area contributed by atoms with Crippen molar-refractivity contribution < 1.29 is 0 Å². The van der Waals surface area contributed by atoms with E-state index in [9.17, 15) is 0 Å². The molecule has 0 heterocycles. The molecule has 1 heteroatoms. The fraction of sp³-hybridized carbons (Fsp3) is 0.0588. The van der Waals surface area contributed by atoms with Crippen LogP contribution < -0.4 is 0 Å². The van der Waals surface area contributed by atoms with Crippen LogP contribution in [0.5, 0.6) is 0 Å². The summed E-state index contributed by atoms with van der Waals surface area (Å²) in [6.07, 6.45) is 0. The summed E-state index contributed by atoms with van der Waals surface area (Å²) in [5, 5.41) is 2.57. The van der Waals surface area contributed by atoms with E-state index in [1.807, 2.05) is 6.07 Å². The minimum Gasteiger partial charge on any atom is -0.143 e. The molecule has 0 fully saturated rings. The third-order valence-electron chi connectivity index (χ3n) is 3.39. The normalized spacial score (nSPS) is 10.8. The van der Waals surface area contributed by atoms with Gasteiger partial charge in [0.1, 0.15) is 0 Å². The molecular formula is C17H14S. The second kappa shape index (κ2) is 4.51. The van der Waals surface area contributed by atoms with Gasteiger partial charge in [-0.25, -0.2) is 0 Å². The molecule has 0 nitrogen and oxygen atoms in total. The quantitative estimate of drug-likeness (QED) is 0.570. The number of rotatable bonds is 1. The van der Waals surface area contributed by atoms with Crippen molar-refractivity contribution >= 4 is 23.4 Å². The van der Waals surface area contributed by atoms with Crippen molar-refractivity contribution in [2.24, 2.45) is 0 Å². The van der Waals surface area contributed by atoms with E-state index >= 15 is 0 Å². The first-order chi connectivity index (χ1) is 8.77. The number of hydrogen-bond donors (Lipinski definition) is 1. The first-order valence-electron chi connectivity index (χ1n) is 6.04. The molecular weight excluding hydrogens is 236 g/mol. The van der Waals surface area contributed by atoms with Crippen molar-refractivity contribution in [1.29, 1.82) is 0 Å². The van der Waals surface area contributed by atoms with Gasteiger partial charge >= 0.3 is 0 Å². The van der Waals surface area contributed by atoms with E-state index in [1.54, 1.807) is 0 Å². The van der Waals surface area contributed by atoms with Crippen LogP contribution >= 0.6 is 12.6 Å². The molecule has 0 saturated heterocycles. The summed E-state index contributed by atoms with van der Waals surface area (Å²) in [4.78, 5) is 1.04. The maximum atomic E-state index is 4.51. The molecule has 0 bridgehead atoms. The highest BCUT2D eigenvalue weighted by Crippen LogP contribution is 2.32. The molecule has 3 aromatic carbocycles. The standard InChI is InChI=1S/C17H14S/c1-12-14(9-5-11-17(12)18)16-10-4-7-13-6-2-3-8-15(13)16/h2-11,18H,1H3. The molecule has 0 amide bonds. The molecule has 3 rings (SSSR count). The molecule has 0 radical (unpaired) electrons. The van der Waals surface area contributed by atoms with Gasteiger partial charge in [0, 0.05) is 4.90 Å². The van der Waals surface area contributed by atoms with Crippen LogP contribution in [0, 0.1) is 6.92 Å². The van der Waals surface area contributed by atoms with Gasteiger partial charge < -0.3 is 0 Å². The van der Waals surface area contributed by atoms with Gasteiger partial charge in [-0.2, -0.15) is 0 Å². The largest absolute Gasteiger partial charge is 0.143 e. The molecule has 18 heavy (non-hydrogen) atoms. The highest BCUT2D eigenvalue weighted by atomic mass is 32.1. The maximum absolute atomic E-state index is 4.51. The minimum absolute atomic E-state index is 1.04. The van der Waals surface area contributed by atoms with Crippen molar-refractivity contribution in [2.75, 3.05) is 0 Å². The van der Waals surface area contributed by atoms with E-state index in [1.165, 1.54) is 27.5 Å². The third-order valence-corrected chi connectivity index (χ3v) is 3.87. The summed E-state index contributed by atoms with van der Waals surface area (Å²) in [5.41, 5.74) is 3.78. The first kappa shape index (κ1) is 11.4. The molecule has 0 N–H and O–H groups in total. The van der Waals surface area contributed by atoms with Crippen molar-refractivity contribution in [1.82, 2.24) is 0 Å². The van der Waals surface area contributed by atoms with Gasteiger partial charge in [-0.15, -0.1) is 12.6 Å². The molecule has 3 aromatic rings. The van der Waals surface area contributed by atoms with Crippen LogP contribution in [0.2, 0.25) is 0 Å². The van der Waals surface area contributed by atoms with E-state index in [0.717, 1.165) is 4.90 Å². The van der Waals surface area contributed by atoms with Crippen molar-refractivity contribution in [3.8, 4) is 11.1 Å². The monoisotopic (exact) mass is 250 g/mol. The smallest absolute Gasteiger partial charge is 0.00754 e. The van der Waals surface area contributed by atoms with Gasteiger partial charge in [-0.3, -0.25) is 0 Å². The summed E-state index contributed by atoms with van der Waals surface area (Å²) in [6.45, 7) is 2.12. The molecule has 0 spiro atoms.